The molecule has 0 radical (unpaired) electrons. The average Bonchev–Trinajstić information content (AvgIpc) is 3.10. The number of methoxy groups -OCH3 is 1. The zero-order valence-corrected chi connectivity index (χ0v) is 17.6. The zero-order valence-electron chi connectivity index (χ0n) is 17.6. The third-order valence-corrected chi connectivity index (χ3v) is 4.68. The minimum atomic E-state index is 0.889. The van der Waals surface area contributed by atoms with Crippen molar-refractivity contribution in [1.82, 2.24) is 15.0 Å². The number of nitrogens with zero attached hydrogens (tertiary/aromatic N) is 2. The Kier molecular flexibility index (Phi) is 7.99. The molecular formula is C23H33N3O. The first-order chi connectivity index (χ1) is 13.1. The first-order valence-electron chi connectivity index (χ1n) is 10.0. The van der Waals surface area contributed by atoms with Gasteiger partial charge in [0.1, 0.15) is 0 Å². The maximum absolute atomic E-state index is 5.01. The number of ether oxygens (including phenoxy) is 1. The van der Waals surface area contributed by atoms with Gasteiger partial charge in [0.05, 0.1) is 16.7 Å². The molecule has 27 heavy (non-hydrogen) atoms. The third-order valence-electron chi connectivity index (χ3n) is 4.68. The van der Waals surface area contributed by atoms with Crippen molar-refractivity contribution >= 4 is 11.0 Å². The van der Waals surface area contributed by atoms with E-state index >= 15 is 0 Å². The number of nitrogens with one attached hydrogen (secondary N) is 1. The number of H-pyrrole nitrogens is 1. The van der Waals surface area contributed by atoms with Crippen molar-refractivity contribution in [1.29, 1.82) is 0 Å². The van der Waals surface area contributed by atoms with Gasteiger partial charge in [-0.3, -0.25) is 4.98 Å². The van der Waals surface area contributed by atoms with Crippen molar-refractivity contribution in [3.63, 3.8) is 0 Å². The number of rotatable bonds is 6. The molecule has 0 saturated heterocycles. The number of aromatic amines is 1. The van der Waals surface area contributed by atoms with Crippen LogP contribution in [-0.2, 0) is 24.0 Å². The van der Waals surface area contributed by atoms with E-state index in [0.29, 0.717) is 0 Å². The van der Waals surface area contributed by atoms with E-state index in [1.54, 1.807) is 7.11 Å². The van der Waals surface area contributed by atoms with Crippen LogP contribution in [-0.4, -0.2) is 28.7 Å². The largest absolute Gasteiger partial charge is 0.385 e. The molecule has 146 valence electrons. The Balaban J connectivity index is 0.000000465. The van der Waals surface area contributed by atoms with Gasteiger partial charge in [0, 0.05) is 36.9 Å². The summed E-state index contributed by atoms with van der Waals surface area (Å²) in [6.45, 7) is 11.5. The fourth-order valence-corrected chi connectivity index (χ4v) is 3.21. The summed E-state index contributed by atoms with van der Waals surface area (Å²) in [5.74, 6) is 0. The molecule has 0 aromatic carbocycles. The minimum Gasteiger partial charge on any atom is -0.385 e. The van der Waals surface area contributed by atoms with Crippen LogP contribution in [0.3, 0.4) is 0 Å². The second-order valence-electron chi connectivity index (χ2n) is 6.71. The SMILES string of the molecule is CCCOC.CCc1cc2[nH]cc(CC)c2nc1-c1ccc(C)nc1CC. The number of aryl methyl sites for hydroxylation is 4. The molecule has 0 fully saturated rings. The molecule has 0 aliphatic rings. The van der Waals surface area contributed by atoms with E-state index in [1.165, 1.54) is 16.7 Å². The summed E-state index contributed by atoms with van der Waals surface area (Å²) in [6, 6.07) is 6.50. The van der Waals surface area contributed by atoms with Crippen LogP contribution in [0.25, 0.3) is 22.3 Å². The fourth-order valence-electron chi connectivity index (χ4n) is 3.21. The second kappa shape index (κ2) is 10.2. The first-order valence-corrected chi connectivity index (χ1v) is 10.0. The predicted molar refractivity (Wildman–Crippen MR) is 114 cm³/mol. The van der Waals surface area contributed by atoms with Gasteiger partial charge in [-0.15, -0.1) is 0 Å². The van der Waals surface area contributed by atoms with Crippen molar-refractivity contribution in [3.8, 4) is 11.3 Å². The van der Waals surface area contributed by atoms with E-state index in [9.17, 15) is 0 Å². The molecule has 3 aromatic heterocycles. The summed E-state index contributed by atoms with van der Waals surface area (Å²) in [5, 5.41) is 0. The van der Waals surface area contributed by atoms with Gasteiger partial charge in [0.25, 0.3) is 0 Å². The van der Waals surface area contributed by atoms with Gasteiger partial charge in [-0.05, 0) is 61.9 Å². The van der Waals surface area contributed by atoms with Crippen LogP contribution >= 0.6 is 0 Å². The standard InChI is InChI=1S/C19H23N3.C4H10O/c1-5-13-10-17-19(14(6-2)11-20-17)22-18(13)15-9-8-12(4)21-16(15)7-3;1-3-4-5-2/h8-11,20H,5-7H2,1-4H3;3-4H2,1-2H3. The summed E-state index contributed by atoms with van der Waals surface area (Å²) in [5.41, 5.74) is 9.25. The Hall–Kier alpha value is -2.20. The number of pyridine rings is 2. The summed E-state index contributed by atoms with van der Waals surface area (Å²) < 4.78 is 4.69. The molecule has 3 aromatic rings. The van der Waals surface area contributed by atoms with Gasteiger partial charge in [0.2, 0.25) is 0 Å². The normalized spacial score (nSPS) is 10.7. The minimum absolute atomic E-state index is 0.889. The highest BCUT2D eigenvalue weighted by Gasteiger charge is 2.14. The average molecular weight is 368 g/mol. The molecule has 0 aliphatic carbocycles. The Morgan fingerprint density at radius 3 is 2.26 bits per heavy atom. The van der Waals surface area contributed by atoms with Crippen LogP contribution in [0.2, 0.25) is 0 Å². The van der Waals surface area contributed by atoms with Crippen LogP contribution in [0, 0.1) is 6.92 Å². The lowest BCUT2D eigenvalue weighted by Crippen LogP contribution is -2.00. The van der Waals surface area contributed by atoms with Crippen LogP contribution < -0.4 is 0 Å². The lowest BCUT2D eigenvalue weighted by atomic mass is 10.00. The molecule has 3 rings (SSSR count). The molecule has 0 aliphatic heterocycles. The van der Waals surface area contributed by atoms with Crippen LogP contribution in [0.1, 0.15) is 56.6 Å². The summed E-state index contributed by atoms with van der Waals surface area (Å²) in [7, 11) is 1.71. The van der Waals surface area contributed by atoms with E-state index in [-0.39, 0.29) is 0 Å². The smallest absolute Gasteiger partial charge is 0.0918 e. The van der Waals surface area contributed by atoms with Crippen molar-refractivity contribution in [3.05, 3.63) is 46.9 Å². The Bertz CT molecular complexity index is 865. The molecule has 4 nitrogen and oxygen atoms in total. The number of fused-ring (bicyclic) bond motifs is 1. The Labute approximate surface area is 163 Å². The van der Waals surface area contributed by atoms with Crippen LogP contribution in [0.5, 0.6) is 0 Å². The van der Waals surface area contributed by atoms with Gasteiger partial charge in [-0.25, -0.2) is 4.98 Å². The van der Waals surface area contributed by atoms with E-state index < -0.39 is 0 Å². The van der Waals surface area contributed by atoms with Crippen molar-refractivity contribution in [2.24, 2.45) is 0 Å². The fraction of sp³-hybridized carbons (Fsp3) is 0.478. The zero-order chi connectivity index (χ0) is 19.8. The van der Waals surface area contributed by atoms with E-state index in [4.69, 9.17) is 14.7 Å². The van der Waals surface area contributed by atoms with Crippen molar-refractivity contribution in [2.75, 3.05) is 13.7 Å². The van der Waals surface area contributed by atoms with Crippen LogP contribution in [0.15, 0.2) is 24.4 Å². The number of hydrogen-bond acceptors (Lipinski definition) is 3. The molecule has 0 atom stereocenters. The maximum Gasteiger partial charge on any atom is 0.0918 e. The topological polar surface area (TPSA) is 50.8 Å². The monoisotopic (exact) mass is 367 g/mol. The maximum atomic E-state index is 5.01. The highest BCUT2D eigenvalue weighted by Crippen LogP contribution is 2.29. The molecule has 0 amide bonds. The second-order valence-corrected chi connectivity index (χ2v) is 6.71. The lowest BCUT2D eigenvalue weighted by molar-refractivity contribution is 0.199. The van der Waals surface area contributed by atoms with Crippen molar-refractivity contribution in [2.45, 2.75) is 60.3 Å². The molecule has 0 bridgehead atoms. The Morgan fingerprint density at radius 1 is 0.963 bits per heavy atom. The molecule has 1 N–H and O–H groups in total. The van der Waals surface area contributed by atoms with Gasteiger partial charge in [-0.2, -0.15) is 0 Å². The molecule has 3 heterocycles. The van der Waals surface area contributed by atoms with Crippen LogP contribution in [0.4, 0.5) is 0 Å². The molecular weight excluding hydrogens is 334 g/mol. The lowest BCUT2D eigenvalue weighted by Gasteiger charge is -2.12. The van der Waals surface area contributed by atoms with E-state index in [2.05, 4.69) is 57.1 Å². The predicted octanol–water partition coefficient (Wildman–Crippen LogP) is 5.66. The summed E-state index contributed by atoms with van der Waals surface area (Å²) >= 11 is 0. The van der Waals surface area contributed by atoms with Gasteiger partial charge in [0.15, 0.2) is 0 Å². The van der Waals surface area contributed by atoms with Gasteiger partial charge in [-0.1, -0.05) is 27.7 Å². The Morgan fingerprint density at radius 2 is 1.70 bits per heavy atom. The molecule has 4 heteroatoms. The summed E-state index contributed by atoms with van der Waals surface area (Å²) in [6.07, 6.45) is 6.08. The molecule has 0 spiro atoms. The van der Waals surface area contributed by atoms with Crippen molar-refractivity contribution < 1.29 is 4.74 Å². The quantitative estimate of drug-likeness (QED) is 0.611. The highest BCUT2D eigenvalue weighted by molar-refractivity contribution is 5.84. The van der Waals surface area contributed by atoms with E-state index in [0.717, 1.165) is 60.4 Å². The summed E-state index contributed by atoms with van der Waals surface area (Å²) in [4.78, 5) is 13.1. The first kappa shape index (κ1) is 21.1. The van der Waals surface area contributed by atoms with Gasteiger partial charge < -0.3 is 9.72 Å². The van der Waals surface area contributed by atoms with E-state index in [1.807, 2.05) is 6.92 Å². The van der Waals surface area contributed by atoms with Gasteiger partial charge >= 0.3 is 0 Å². The number of aromatic nitrogens is 3. The molecule has 0 unspecified atom stereocenters. The highest BCUT2D eigenvalue weighted by atomic mass is 16.5. The molecule has 0 saturated carbocycles. The third kappa shape index (κ3) is 4.95. The number of hydrogen-bond donors (Lipinski definition) is 1.